The zero-order valence-electron chi connectivity index (χ0n) is 15.5. The lowest BCUT2D eigenvalue weighted by Crippen LogP contribution is -2.25. The lowest BCUT2D eigenvalue weighted by Gasteiger charge is -2.17. The largest absolute Gasteiger partial charge is 0.497 e. The van der Waals surface area contributed by atoms with E-state index in [2.05, 4.69) is 78.0 Å². The first-order valence-electron chi connectivity index (χ1n) is 9.17. The van der Waals surface area contributed by atoms with Crippen LogP contribution in [0.15, 0.2) is 54.7 Å². The quantitative estimate of drug-likeness (QED) is 0.599. The highest BCUT2D eigenvalue weighted by Crippen LogP contribution is 2.27. The van der Waals surface area contributed by atoms with E-state index in [1.165, 1.54) is 22.0 Å². The number of aromatic nitrogens is 1. The fourth-order valence-electron chi connectivity index (χ4n) is 3.41. The van der Waals surface area contributed by atoms with Gasteiger partial charge in [-0.1, -0.05) is 44.2 Å². The molecule has 0 aliphatic rings. The minimum absolute atomic E-state index is 0.898. The summed E-state index contributed by atoms with van der Waals surface area (Å²) < 4.78 is 7.82. The lowest BCUT2D eigenvalue weighted by atomic mass is 10.1. The molecule has 0 fully saturated rings. The Balaban J connectivity index is 1.94. The van der Waals surface area contributed by atoms with E-state index in [0.717, 1.165) is 38.3 Å². The van der Waals surface area contributed by atoms with Crippen molar-refractivity contribution in [2.75, 3.05) is 26.7 Å². The highest BCUT2D eigenvalue weighted by molar-refractivity contribution is 5.85. The van der Waals surface area contributed by atoms with Crippen molar-refractivity contribution in [1.82, 2.24) is 9.47 Å². The summed E-state index contributed by atoms with van der Waals surface area (Å²) in [7, 11) is 1.73. The normalized spacial score (nSPS) is 11.4. The lowest BCUT2D eigenvalue weighted by molar-refractivity contribution is 0.308. The summed E-state index contributed by atoms with van der Waals surface area (Å²) in [6.07, 6.45) is 3.38. The van der Waals surface area contributed by atoms with Crippen LogP contribution in [0.1, 0.15) is 25.0 Å². The highest BCUT2D eigenvalue weighted by atomic mass is 16.5. The molecule has 0 bridgehead atoms. The van der Waals surface area contributed by atoms with Crippen molar-refractivity contribution in [3.05, 3.63) is 65.9 Å². The number of rotatable bonds is 8. The first-order chi connectivity index (χ1) is 12.2. The second-order valence-electron chi connectivity index (χ2n) is 6.43. The predicted octanol–water partition coefficient (Wildman–Crippen LogP) is 4.58. The molecule has 0 atom stereocenters. The topological polar surface area (TPSA) is 17.4 Å². The number of fused-ring (bicyclic) bond motifs is 1. The van der Waals surface area contributed by atoms with Gasteiger partial charge in [-0.3, -0.25) is 0 Å². The van der Waals surface area contributed by atoms with E-state index < -0.39 is 0 Å². The molecule has 0 amide bonds. The summed E-state index contributed by atoms with van der Waals surface area (Å²) in [4.78, 5) is 2.47. The van der Waals surface area contributed by atoms with Gasteiger partial charge in [0.05, 0.1) is 7.11 Å². The van der Waals surface area contributed by atoms with Crippen LogP contribution in [0.5, 0.6) is 5.75 Å². The molecule has 3 heteroatoms. The zero-order valence-corrected chi connectivity index (χ0v) is 15.5. The second kappa shape index (κ2) is 8.21. The fourth-order valence-corrected chi connectivity index (χ4v) is 3.41. The van der Waals surface area contributed by atoms with E-state index >= 15 is 0 Å². The van der Waals surface area contributed by atoms with Crippen molar-refractivity contribution >= 4 is 10.9 Å². The molecule has 1 heterocycles. The number of likely N-dealkylation sites (N-methyl/N-ethyl adjacent to an activating group) is 1. The molecule has 0 saturated carbocycles. The predicted molar refractivity (Wildman–Crippen MR) is 106 cm³/mol. The summed E-state index contributed by atoms with van der Waals surface area (Å²) in [5, 5.41) is 1.31. The third-order valence-electron chi connectivity index (χ3n) is 4.96. The number of hydrogen-bond donors (Lipinski definition) is 0. The van der Waals surface area contributed by atoms with Crippen LogP contribution in [0.2, 0.25) is 0 Å². The van der Waals surface area contributed by atoms with Gasteiger partial charge >= 0.3 is 0 Å². The van der Waals surface area contributed by atoms with Gasteiger partial charge in [0.2, 0.25) is 0 Å². The van der Waals surface area contributed by atoms with Crippen LogP contribution in [0.3, 0.4) is 0 Å². The maximum Gasteiger partial charge on any atom is 0.119 e. The van der Waals surface area contributed by atoms with Crippen molar-refractivity contribution in [1.29, 1.82) is 0 Å². The Kier molecular flexibility index (Phi) is 5.77. The van der Waals surface area contributed by atoms with Crippen LogP contribution in [0.25, 0.3) is 10.9 Å². The molecule has 0 aliphatic heterocycles. The molecule has 0 aliphatic carbocycles. The number of benzene rings is 2. The minimum Gasteiger partial charge on any atom is -0.497 e. The van der Waals surface area contributed by atoms with Crippen molar-refractivity contribution in [3.63, 3.8) is 0 Å². The maximum atomic E-state index is 5.45. The molecule has 0 radical (unpaired) electrons. The Labute approximate surface area is 150 Å². The molecular weight excluding hydrogens is 308 g/mol. The average Bonchev–Trinajstić information content (AvgIpc) is 3.00. The molecule has 0 unspecified atom stereocenters. The van der Waals surface area contributed by atoms with Crippen LogP contribution in [0.4, 0.5) is 0 Å². The van der Waals surface area contributed by atoms with Crippen LogP contribution >= 0.6 is 0 Å². The number of ether oxygens (including phenoxy) is 1. The third-order valence-corrected chi connectivity index (χ3v) is 4.96. The van der Waals surface area contributed by atoms with E-state index in [-0.39, 0.29) is 0 Å². The summed E-state index contributed by atoms with van der Waals surface area (Å²) in [6, 6.07) is 17.1. The number of nitrogens with zero attached hydrogens (tertiary/aromatic N) is 2. The summed E-state index contributed by atoms with van der Waals surface area (Å²) in [5.41, 5.74) is 4.00. The molecule has 25 heavy (non-hydrogen) atoms. The number of hydrogen-bond acceptors (Lipinski definition) is 2. The van der Waals surface area contributed by atoms with Crippen LogP contribution in [0, 0.1) is 0 Å². The molecule has 3 nitrogen and oxygen atoms in total. The van der Waals surface area contributed by atoms with Gasteiger partial charge in [0.25, 0.3) is 0 Å². The second-order valence-corrected chi connectivity index (χ2v) is 6.43. The average molecular weight is 336 g/mol. The molecule has 3 aromatic rings. The smallest absolute Gasteiger partial charge is 0.119 e. The van der Waals surface area contributed by atoms with Crippen molar-refractivity contribution in [3.8, 4) is 5.75 Å². The molecular formula is C22H28N2O. The Hall–Kier alpha value is -2.26. The van der Waals surface area contributed by atoms with Crippen LogP contribution in [-0.2, 0) is 13.0 Å². The Bertz CT molecular complexity index is 804. The Morgan fingerprint density at radius 1 is 1.00 bits per heavy atom. The van der Waals surface area contributed by atoms with Crippen molar-refractivity contribution in [2.24, 2.45) is 0 Å². The van der Waals surface area contributed by atoms with Gasteiger partial charge in [0.15, 0.2) is 0 Å². The van der Waals surface area contributed by atoms with Gasteiger partial charge in [0.1, 0.15) is 5.75 Å². The first-order valence-corrected chi connectivity index (χ1v) is 9.17. The van der Waals surface area contributed by atoms with Gasteiger partial charge in [-0.2, -0.15) is 0 Å². The van der Waals surface area contributed by atoms with Gasteiger partial charge in [-0.15, -0.1) is 0 Å². The zero-order chi connectivity index (χ0) is 17.6. The molecule has 132 valence electrons. The maximum absolute atomic E-state index is 5.45. The van der Waals surface area contributed by atoms with Gasteiger partial charge in [-0.25, -0.2) is 0 Å². The molecule has 3 rings (SSSR count). The van der Waals surface area contributed by atoms with Gasteiger partial charge in [0, 0.05) is 30.2 Å². The molecule has 0 N–H and O–H groups in total. The third kappa shape index (κ3) is 4.05. The summed E-state index contributed by atoms with van der Waals surface area (Å²) in [6.45, 7) is 8.64. The molecule has 1 aromatic heterocycles. The monoisotopic (exact) mass is 336 g/mol. The first kappa shape index (κ1) is 17.6. The van der Waals surface area contributed by atoms with Crippen LogP contribution < -0.4 is 4.74 Å². The SMILES string of the molecule is CCN(CC)CCc1cn(Cc2ccccc2)c2ccc(OC)cc12. The minimum atomic E-state index is 0.898. The molecule has 2 aromatic carbocycles. The van der Waals surface area contributed by atoms with E-state index in [9.17, 15) is 0 Å². The summed E-state index contributed by atoms with van der Waals surface area (Å²) >= 11 is 0. The van der Waals surface area contributed by atoms with Crippen molar-refractivity contribution in [2.45, 2.75) is 26.8 Å². The van der Waals surface area contributed by atoms with Gasteiger partial charge < -0.3 is 14.2 Å². The Morgan fingerprint density at radius 2 is 1.76 bits per heavy atom. The van der Waals surface area contributed by atoms with Crippen LogP contribution in [-0.4, -0.2) is 36.2 Å². The standard InChI is InChI=1S/C22H28N2O/c1-4-23(5-2)14-13-19-17-24(16-18-9-7-6-8-10-18)22-12-11-20(25-3)15-21(19)22/h6-12,15,17H,4-5,13-14,16H2,1-3H3. The van der Waals surface area contributed by atoms with E-state index in [1.807, 2.05) is 0 Å². The molecule has 0 spiro atoms. The van der Waals surface area contributed by atoms with E-state index in [0.29, 0.717) is 0 Å². The summed E-state index contributed by atoms with van der Waals surface area (Å²) in [5.74, 6) is 0.925. The highest BCUT2D eigenvalue weighted by Gasteiger charge is 2.11. The Morgan fingerprint density at radius 3 is 2.44 bits per heavy atom. The fraction of sp³-hybridized carbons (Fsp3) is 0.364. The van der Waals surface area contributed by atoms with E-state index in [4.69, 9.17) is 4.74 Å². The van der Waals surface area contributed by atoms with E-state index in [1.54, 1.807) is 7.11 Å². The van der Waals surface area contributed by atoms with Gasteiger partial charge in [-0.05, 0) is 48.8 Å². The number of methoxy groups -OCH3 is 1. The van der Waals surface area contributed by atoms with Crippen molar-refractivity contribution < 1.29 is 4.74 Å². The molecule has 0 saturated heterocycles.